The molecular formula is C27H27N5O3S2. The van der Waals surface area contributed by atoms with Crippen LogP contribution < -0.4 is 4.90 Å². The van der Waals surface area contributed by atoms with Crippen LogP contribution in [0.5, 0.6) is 0 Å². The lowest BCUT2D eigenvalue weighted by Gasteiger charge is -2.17. The van der Waals surface area contributed by atoms with Crippen LogP contribution >= 0.6 is 11.8 Å². The number of carbonyl (C=O) groups excluding carboxylic acids is 1. The Morgan fingerprint density at radius 2 is 1.59 bits per heavy atom. The zero-order valence-corrected chi connectivity index (χ0v) is 22.0. The molecule has 2 heterocycles. The largest absolute Gasteiger partial charge is 0.315 e. The molecule has 1 aromatic heterocycles. The van der Waals surface area contributed by atoms with Crippen molar-refractivity contribution >= 4 is 33.4 Å². The molecule has 8 nitrogen and oxygen atoms in total. The van der Waals surface area contributed by atoms with Crippen LogP contribution in [0.2, 0.25) is 0 Å². The number of thioether (sulfide) groups is 1. The smallest absolute Gasteiger partial charge is 0.243 e. The van der Waals surface area contributed by atoms with Crippen molar-refractivity contribution in [2.75, 3.05) is 30.8 Å². The van der Waals surface area contributed by atoms with Crippen LogP contribution in [-0.4, -0.2) is 59.3 Å². The standard InChI is InChI=1S/C27H27N5O3S2/c1-30(22-12-4-2-5-13-22)25(33)20-36-27-29-28-26(32(27)23-14-6-3-7-15-23)21-11-10-16-24(19-21)37(34,35)31-17-8-9-18-31/h2-7,10-16,19H,8-9,17-18,20H2,1H3. The summed E-state index contributed by atoms with van der Waals surface area (Å²) >= 11 is 1.29. The second-order valence-corrected chi connectivity index (χ2v) is 11.6. The van der Waals surface area contributed by atoms with Gasteiger partial charge in [0, 0.05) is 37.1 Å². The van der Waals surface area contributed by atoms with Gasteiger partial charge in [0.2, 0.25) is 15.9 Å². The maximum absolute atomic E-state index is 13.2. The third kappa shape index (κ3) is 5.31. The van der Waals surface area contributed by atoms with E-state index < -0.39 is 10.0 Å². The number of carbonyl (C=O) groups is 1. The van der Waals surface area contributed by atoms with Crippen molar-refractivity contribution in [1.82, 2.24) is 19.1 Å². The average Bonchev–Trinajstić information content (AvgIpc) is 3.63. The van der Waals surface area contributed by atoms with Gasteiger partial charge in [-0.25, -0.2) is 8.42 Å². The Kier molecular flexibility index (Phi) is 7.40. The van der Waals surface area contributed by atoms with Gasteiger partial charge in [-0.1, -0.05) is 60.3 Å². The van der Waals surface area contributed by atoms with Crippen LogP contribution in [0, 0.1) is 0 Å². The molecular weight excluding hydrogens is 506 g/mol. The topological polar surface area (TPSA) is 88.4 Å². The van der Waals surface area contributed by atoms with E-state index in [1.165, 1.54) is 16.1 Å². The molecule has 1 aliphatic heterocycles. The van der Waals surface area contributed by atoms with Crippen molar-refractivity contribution in [3.63, 3.8) is 0 Å². The predicted molar refractivity (Wildman–Crippen MR) is 145 cm³/mol. The number of amides is 1. The van der Waals surface area contributed by atoms with E-state index in [1.807, 2.05) is 71.3 Å². The van der Waals surface area contributed by atoms with Crippen molar-refractivity contribution in [2.45, 2.75) is 22.9 Å². The Bertz CT molecular complexity index is 1480. The Hall–Kier alpha value is -3.47. The first-order valence-electron chi connectivity index (χ1n) is 12.0. The highest BCUT2D eigenvalue weighted by Gasteiger charge is 2.28. The molecule has 1 aliphatic rings. The van der Waals surface area contributed by atoms with E-state index in [0.717, 1.165) is 24.2 Å². The van der Waals surface area contributed by atoms with Crippen molar-refractivity contribution in [2.24, 2.45) is 0 Å². The van der Waals surface area contributed by atoms with Crippen molar-refractivity contribution < 1.29 is 13.2 Å². The van der Waals surface area contributed by atoms with E-state index >= 15 is 0 Å². The number of rotatable bonds is 8. The lowest BCUT2D eigenvalue weighted by atomic mass is 10.2. The highest BCUT2D eigenvalue weighted by Crippen LogP contribution is 2.30. The maximum atomic E-state index is 13.2. The number of hydrogen-bond donors (Lipinski definition) is 0. The Labute approximate surface area is 221 Å². The molecule has 0 spiro atoms. The molecule has 1 fully saturated rings. The molecule has 1 amide bonds. The van der Waals surface area contributed by atoms with Gasteiger partial charge in [0.25, 0.3) is 0 Å². The monoisotopic (exact) mass is 533 g/mol. The van der Waals surface area contributed by atoms with Gasteiger partial charge < -0.3 is 4.90 Å². The number of aromatic nitrogens is 3. The molecule has 4 aromatic rings. The van der Waals surface area contributed by atoms with Gasteiger partial charge in [0.05, 0.1) is 10.6 Å². The third-order valence-corrected chi connectivity index (χ3v) is 9.09. The summed E-state index contributed by atoms with van der Waals surface area (Å²) in [6.45, 7) is 1.08. The van der Waals surface area contributed by atoms with Crippen LogP contribution in [-0.2, 0) is 14.8 Å². The molecule has 0 aliphatic carbocycles. The summed E-state index contributed by atoms with van der Waals surface area (Å²) < 4.78 is 29.7. The van der Waals surface area contributed by atoms with E-state index in [0.29, 0.717) is 29.6 Å². The van der Waals surface area contributed by atoms with Gasteiger partial charge in [-0.3, -0.25) is 9.36 Å². The first-order chi connectivity index (χ1) is 17.9. The molecule has 3 aromatic carbocycles. The number of sulfonamides is 1. The molecule has 190 valence electrons. The molecule has 37 heavy (non-hydrogen) atoms. The van der Waals surface area contributed by atoms with E-state index in [2.05, 4.69) is 10.2 Å². The van der Waals surface area contributed by atoms with E-state index in [9.17, 15) is 13.2 Å². The molecule has 5 rings (SSSR count). The molecule has 0 unspecified atom stereocenters. The van der Waals surface area contributed by atoms with Crippen LogP contribution in [0.4, 0.5) is 5.69 Å². The SMILES string of the molecule is CN(C(=O)CSc1nnc(-c2cccc(S(=O)(=O)N3CCCC3)c2)n1-c1ccccc1)c1ccccc1. The van der Waals surface area contributed by atoms with Gasteiger partial charge in [0.15, 0.2) is 11.0 Å². The van der Waals surface area contributed by atoms with E-state index in [4.69, 9.17) is 0 Å². The first kappa shape index (κ1) is 25.2. The predicted octanol–water partition coefficient (Wildman–Crippen LogP) is 4.47. The second kappa shape index (κ2) is 10.9. The Balaban J connectivity index is 1.46. The first-order valence-corrected chi connectivity index (χ1v) is 14.4. The van der Waals surface area contributed by atoms with Crippen molar-refractivity contribution in [3.8, 4) is 17.1 Å². The summed E-state index contributed by atoms with van der Waals surface area (Å²) in [5.41, 5.74) is 2.27. The number of anilines is 1. The summed E-state index contributed by atoms with van der Waals surface area (Å²) in [6, 6.07) is 25.9. The normalized spacial score (nSPS) is 14.1. The lowest BCUT2D eigenvalue weighted by Crippen LogP contribution is -2.28. The van der Waals surface area contributed by atoms with Gasteiger partial charge in [0.1, 0.15) is 0 Å². The average molecular weight is 534 g/mol. The Morgan fingerprint density at radius 3 is 2.30 bits per heavy atom. The number of nitrogens with zero attached hydrogens (tertiary/aromatic N) is 5. The fourth-order valence-corrected chi connectivity index (χ4v) is 6.68. The number of benzene rings is 3. The minimum absolute atomic E-state index is 0.0703. The lowest BCUT2D eigenvalue weighted by molar-refractivity contribution is -0.115. The third-order valence-electron chi connectivity index (χ3n) is 6.29. The highest BCUT2D eigenvalue weighted by molar-refractivity contribution is 7.99. The summed E-state index contributed by atoms with van der Waals surface area (Å²) in [5.74, 6) is 0.606. The zero-order valence-electron chi connectivity index (χ0n) is 20.4. The van der Waals surface area contributed by atoms with Gasteiger partial charge in [-0.2, -0.15) is 4.31 Å². The summed E-state index contributed by atoms with van der Waals surface area (Å²) in [7, 11) is -1.83. The van der Waals surface area contributed by atoms with Gasteiger partial charge >= 0.3 is 0 Å². The molecule has 0 atom stereocenters. The minimum atomic E-state index is -3.58. The van der Waals surface area contributed by atoms with Gasteiger partial charge in [-0.15, -0.1) is 10.2 Å². The van der Waals surface area contributed by atoms with E-state index in [-0.39, 0.29) is 16.6 Å². The fourth-order valence-electron chi connectivity index (χ4n) is 4.25. The highest BCUT2D eigenvalue weighted by atomic mass is 32.2. The van der Waals surface area contributed by atoms with Crippen LogP contribution in [0.15, 0.2) is 95.0 Å². The number of hydrogen-bond acceptors (Lipinski definition) is 6. The second-order valence-electron chi connectivity index (χ2n) is 8.69. The minimum Gasteiger partial charge on any atom is -0.315 e. The van der Waals surface area contributed by atoms with Crippen LogP contribution in [0.25, 0.3) is 17.1 Å². The fraction of sp³-hybridized carbons (Fsp3) is 0.222. The van der Waals surface area contributed by atoms with Crippen LogP contribution in [0.3, 0.4) is 0 Å². The van der Waals surface area contributed by atoms with E-state index in [1.54, 1.807) is 30.1 Å². The quantitative estimate of drug-likeness (QED) is 0.311. The Morgan fingerprint density at radius 1 is 0.919 bits per heavy atom. The zero-order chi connectivity index (χ0) is 25.8. The maximum Gasteiger partial charge on any atom is 0.243 e. The van der Waals surface area contributed by atoms with Gasteiger partial charge in [-0.05, 0) is 49.2 Å². The summed E-state index contributed by atoms with van der Waals surface area (Å²) in [4.78, 5) is 14.8. The van der Waals surface area contributed by atoms with Crippen molar-refractivity contribution in [3.05, 3.63) is 84.9 Å². The molecule has 0 saturated carbocycles. The number of para-hydroxylation sites is 2. The van der Waals surface area contributed by atoms with Crippen LogP contribution in [0.1, 0.15) is 12.8 Å². The molecule has 0 radical (unpaired) electrons. The molecule has 10 heteroatoms. The van der Waals surface area contributed by atoms with Crippen molar-refractivity contribution in [1.29, 1.82) is 0 Å². The molecule has 0 N–H and O–H groups in total. The molecule has 1 saturated heterocycles. The summed E-state index contributed by atoms with van der Waals surface area (Å²) in [6.07, 6.45) is 1.75. The summed E-state index contributed by atoms with van der Waals surface area (Å²) in [5, 5.41) is 9.36. The molecule has 0 bridgehead atoms.